The van der Waals surface area contributed by atoms with Crippen molar-refractivity contribution in [2.75, 3.05) is 7.05 Å². The van der Waals surface area contributed by atoms with E-state index in [1.807, 2.05) is 13.8 Å². The Bertz CT molecular complexity index is 95.5. The highest BCUT2D eigenvalue weighted by atomic mass is 14.7. The van der Waals surface area contributed by atoms with Crippen LogP contribution in [0.3, 0.4) is 0 Å². The summed E-state index contributed by atoms with van der Waals surface area (Å²) in [4.78, 5) is 3.81. The Labute approximate surface area is 57.5 Å². The number of rotatable bonds is 0. The van der Waals surface area contributed by atoms with E-state index in [4.69, 9.17) is 5.41 Å². The summed E-state index contributed by atoms with van der Waals surface area (Å²) >= 11 is 0. The van der Waals surface area contributed by atoms with Gasteiger partial charge in [0.1, 0.15) is 0 Å². The highest BCUT2D eigenvalue weighted by Gasteiger charge is 1.62. The van der Waals surface area contributed by atoms with E-state index in [1.54, 1.807) is 20.9 Å². The fourth-order valence-electron chi connectivity index (χ4n) is 0. The van der Waals surface area contributed by atoms with Gasteiger partial charge in [-0.25, -0.2) is 0 Å². The zero-order chi connectivity index (χ0) is 7.86. The van der Waals surface area contributed by atoms with Crippen LogP contribution in [-0.2, 0) is 0 Å². The summed E-state index contributed by atoms with van der Waals surface area (Å²) in [5.41, 5.74) is 1.80. The number of nitrogens with one attached hydrogen (secondary N) is 1. The van der Waals surface area contributed by atoms with Crippen molar-refractivity contribution in [3.63, 3.8) is 0 Å². The lowest BCUT2D eigenvalue weighted by atomic mass is 10.5. The molecule has 0 aromatic carbocycles. The average molecular weight is 128 g/mol. The van der Waals surface area contributed by atoms with E-state index in [0.717, 1.165) is 5.71 Å². The van der Waals surface area contributed by atoms with Crippen molar-refractivity contribution in [3.8, 4) is 0 Å². The predicted octanol–water partition coefficient (Wildman–Crippen LogP) is 2.14. The second kappa shape index (κ2) is 7.34. The van der Waals surface area contributed by atoms with Crippen LogP contribution in [0.1, 0.15) is 27.7 Å². The second-order valence-electron chi connectivity index (χ2n) is 2.17. The third-order valence-electron chi connectivity index (χ3n) is 0.447. The van der Waals surface area contributed by atoms with Gasteiger partial charge in [-0.3, -0.25) is 4.99 Å². The zero-order valence-corrected chi connectivity index (χ0v) is 6.95. The molecule has 0 atom stereocenters. The highest BCUT2D eigenvalue weighted by molar-refractivity contribution is 5.78. The lowest BCUT2D eigenvalue weighted by molar-refractivity contribution is 1.41. The van der Waals surface area contributed by atoms with E-state index in [-0.39, 0.29) is 0 Å². The molecule has 0 unspecified atom stereocenters. The van der Waals surface area contributed by atoms with Crippen LogP contribution in [0, 0.1) is 5.41 Å². The van der Waals surface area contributed by atoms with Gasteiger partial charge in [-0.15, -0.1) is 0 Å². The Balaban J connectivity index is 0. The van der Waals surface area contributed by atoms with Gasteiger partial charge < -0.3 is 5.41 Å². The van der Waals surface area contributed by atoms with E-state index in [2.05, 4.69) is 4.99 Å². The van der Waals surface area contributed by atoms with Crippen molar-refractivity contribution >= 4 is 11.4 Å². The van der Waals surface area contributed by atoms with Crippen LogP contribution in [0.4, 0.5) is 0 Å². The van der Waals surface area contributed by atoms with Crippen molar-refractivity contribution in [2.45, 2.75) is 27.7 Å². The Kier molecular flexibility index (Phi) is 9.12. The molecule has 54 valence electrons. The molecular formula is C7H16N2. The molecule has 1 N–H and O–H groups in total. The van der Waals surface area contributed by atoms with Gasteiger partial charge in [0.2, 0.25) is 0 Å². The van der Waals surface area contributed by atoms with Crippen LogP contribution in [0.15, 0.2) is 4.99 Å². The number of nitrogens with zero attached hydrogens (tertiary/aromatic N) is 1. The molecule has 0 aromatic rings. The van der Waals surface area contributed by atoms with Crippen LogP contribution >= 0.6 is 0 Å². The smallest absolute Gasteiger partial charge is 0.0276 e. The van der Waals surface area contributed by atoms with Crippen LogP contribution in [-0.4, -0.2) is 18.5 Å². The Morgan fingerprint density at radius 3 is 1.22 bits per heavy atom. The van der Waals surface area contributed by atoms with Crippen LogP contribution in [0.25, 0.3) is 0 Å². The average Bonchev–Trinajstić information content (AvgIpc) is 1.65. The second-order valence-corrected chi connectivity index (χ2v) is 2.17. The Morgan fingerprint density at radius 1 is 1.11 bits per heavy atom. The lowest BCUT2D eigenvalue weighted by Gasteiger charge is -1.74. The quantitative estimate of drug-likeness (QED) is 0.485. The van der Waals surface area contributed by atoms with E-state index in [1.165, 1.54) is 0 Å². The molecule has 9 heavy (non-hydrogen) atoms. The molecule has 0 saturated carbocycles. The summed E-state index contributed by atoms with van der Waals surface area (Å²) in [5.74, 6) is 0. The van der Waals surface area contributed by atoms with Crippen molar-refractivity contribution in [3.05, 3.63) is 0 Å². The lowest BCUT2D eigenvalue weighted by Crippen LogP contribution is -1.74. The third-order valence-corrected chi connectivity index (χ3v) is 0.447. The Hall–Kier alpha value is -0.660. The molecule has 0 aliphatic carbocycles. The fourth-order valence-corrected chi connectivity index (χ4v) is 0. The monoisotopic (exact) mass is 128 g/mol. The van der Waals surface area contributed by atoms with Gasteiger partial charge >= 0.3 is 0 Å². The minimum absolute atomic E-state index is 0.667. The van der Waals surface area contributed by atoms with Gasteiger partial charge in [-0.05, 0) is 27.7 Å². The molecule has 0 fully saturated rings. The van der Waals surface area contributed by atoms with Gasteiger partial charge in [0, 0.05) is 18.5 Å². The van der Waals surface area contributed by atoms with E-state index in [9.17, 15) is 0 Å². The van der Waals surface area contributed by atoms with E-state index >= 15 is 0 Å². The summed E-state index contributed by atoms with van der Waals surface area (Å²) in [6, 6.07) is 0. The van der Waals surface area contributed by atoms with Crippen LogP contribution in [0.5, 0.6) is 0 Å². The first-order chi connectivity index (χ1) is 4.00. The molecule has 0 bridgehead atoms. The number of aliphatic imine (C=N–C) groups is 1. The summed E-state index contributed by atoms with van der Waals surface area (Å²) < 4.78 is 0. The molecule has 2 heteroatoms. The van der Waals surface area contributed by atoms with Gasteiger partial charge in [-0.2, -0.15) is 0 Å². The summed E-state index contributed by atoms with van der Waals surface area (Å²) in [5, 5.41) is 6.50. The van der Waals surface area contributed by atoms with Gasteiger partial charge in [0.15, 0.2) is 0 Å². The summed E-state index contributed by atoms with van der Waals surface area (Å²) in [6.07, 6.45) is 0. The first-order valence-corrected chi connectivity index (χ1v) is 2.92. The molecule has 0 aromatic heterocycles. The standard InChI is InChI=1S/C4H9N.C3H7N/c1-4(2)5-3;1-3(2)4/h1-3H3;4H,1-2H3. The molecule has 0 saturated heterocycles. The minimum atomic E-state index is 0.667. The molecule has 0 aliphatic heterocycles. The van der Waals surface area contributed by atoms with Gasteiger partial charge in [0.05, 0.1) is 0 Å². The van der Waals surface area contributed by atoms with Crippen LogP contribution in [0.2, 0.25) is 0 Å². The number of hydrogen-bond donors (Lipinski definition) is 1. The summed E-state index contributed by atoms with van der Waals surface area (Å²) in [6.45, 7) is 7.44. The van der Waals surface area contributed by atoms with E-state index in [0.29, 0.717) is 5.71 Å². The van der Waals surface area contributed by atoms with Crippen molar-refractivity contribution < 1.29 is 0 Å². The maximum absolute atomic E-state index is 6.50. The zero-order valence-electron chi connectivity index (χ0n) is 6.95. The third kappa shape index (κ3) is 117. The van der Waals surface area contributed by atoms with Crippen molar-refractivity contribution in [1.82, 2.24) is 0 Å². The van der Waals surface area contributed by atoms with Crippen molar-refractivity contribution in [1.29, 1.82) is 5.41 Å². The van der Waals surface area contributed by atoms with Gasteiger partial charge in [0.25, 0.3) is 0 Å². The molecule has 0 aliphatic rings. The molecule has 0 amide bonds. The molecule has 0 spiro atoms. The first kappa shape index (κ1) is 11.2. The fraction of sp³-hybridized carbons (Fsp3) is 0.714. The Morgan fingerprint density at radius 2 is 1.22 bits per heavy atom. The predicted molar refractivity (Wildman–Crippen MR) is 43.8 cm³/mol. The SMILES string of the molecule is CC(C)=N.CN=C(C)C. The first-order valence-electron chi connectivity index (χ1n) is 2.92. The van der Waals surface area contributed by atoms with Crippen molar-refractivity contribution in [2.24, 2.45) is 4.99 Å². The normalized spacial score (nSPS) is 6.78. The maximum Gasteiger partial charge on any atom is 0.0276 e. The molecule has 2 nitrogen and oxygen atoms in total. The molecule has 0 radical (unpaired) electrons. The van der Waals surface area contributed by atoms with Crippen LogP contribution < -0.4 is 0 Å². The topological polar surface area (TPSA) is 36.2 Å². The summed E-state index contributed by atoms with van der Waals surface area (Å²) in [7, 11) is 1.79. The largest absolute Gasteiger partial charge is 0.310 e. The molecule has 0 rings (SSSR count). The van der Waals surface area contributed by atoms with Gasteiger partial charge in [-0.1, -0.05) is 0 Å². The maximum atomic E-state index is 6.50. The molecule has 0 heterocycles. The highest BCUT2D eigenvalue weighted by Crippen LogP contribution is 1.63. The number of hydrogen-bond acceptors (Lipinski definition) is 2. The minimum Gasteiger partial charge on any atom is -0.310 e. The van der Waals surface area contributed by atoms with E-state index < -0.39 is 0 Å². The molecular weight excluding hydrogens is 112 g/mol.